The van der Waals surface area contributed by atoms with Gasteiger partial charge in [0.15, 0.2) is 0 Å². The van der Waals surface area contributed by atoms with E-state index < -0.39 is 0 Å². The lowest BCUT2D eigenvalue weighted by atomic mass is 10.0. The first-order chi connectivity index (χ1) is 9.10. The maximum atomic E-state index is 9.34. The third-order valence-corrected chi connectivity index (χ3v) is 3.93. The number of halogens is 1. The molecule has 0 fully saturated rings. The Morgan fingerprint density at radius 3 is 2.68 bits per heavy atom. The number of hydrogen-bond donors (Lipinski definition) is 0. The second-order valence-electron chi connectivity index (χ2n) is 5.21. The fourth-order valence-corrected chi connectivity index (χ4v) is 2.66. The largest absolute Gasteiger partial charge is 0.330 e. The Morgan fingerprint density at radius 2 is 2.11 bits per heavy atom. The van der Waals surface area contributed by atoms with Crippen molar-refractivity contribution >= 4 is 22.5 Å². The standard InChI is InChI=1S/C16H19ClN2/c1-4-5-8-19-15-7-6-12(11(2)3)9-13(15)14(10-18)16(19)17/h6-7,9,11H,4-5,8H2,1-3H3. The van der Waals surface area contributed by atoms with Gasteiger partial charge in [0.2, 0.25) is 0 Å². The summed E-state index contributed by atoms with van der Waals surface area (Å²) in [4.78, 5) is 0. The van der Waals surface area contributed by atoms with Gasteiger partial charge in [0.1, 0.15) is 11.2 Å². The molecule has 0 bridgehead atoms. The van der Waals surface area contributed by atoms with Crippen LogP contribution in [0, 0.1) is 11.3 Å². The number of benzene rings is 1. The Balaban J connectivity index is 2.65. The summed E-state index contributed by atoms with van der Waals surface area (Å²) in [7, 11) is 0. The molecular weight excluding hydrogens is 256 g/mol. The molecule has 100 valence electrons. The van der Waals surface area contributed by atoms with Crippen molar-refractivity contribution in [1.29, 1.82) is 5.26 Å². The molecule has 1 aromatic heterocycles. The number of nitrogens with zero attached hydrogens (tertiary/aromatic N) is 2. The Labute approximate surface area is 119 Å². The van der Waals surface area contributed by atoms with Gasteiger partial charge in [-0.2, -0.15) is 5.26 Å². The lowest BCUT2D eigenvalue weighted by molar-refractivity contribution is 0.650. The zero-order chi connectivity index (χ0) is 14.0. The van der Waals surface area contributed by atoms with Crippen molar-refractivity contribution in [3.05, 3.63) is 34.5 Å². The summed E-state index contributed by atoms with van der Waals surface area (Å²) in [5.41, 5.74) is 2.92. The molecule has 0 N–H and O–H groups in total. The highest BCUT2D eigenvalue weighted by Crippen LogP contribution is 2.32. The molecule has 0 unspecified atom stereocenters. The molecule has 0 radical (unpaired) electrons. The van der Waals surface area contributed by atoms with Gasteiger partial charge in [-0.05, 0) is 30.0 Å². The second kappa shape index (κ2) is 5.67. The molecule has 2 rings (SSSR count). The van der Waals surface area contributed by atoms with Gasteiger partial charge in [0, 0.05) is 11.9 Å². The average Bonchev–Trinajstić information content (AvgIpc) is 2.66. The molecule has 0 aliphatic rings. The molecule has 2 nitrogen and oxygen atoms in total. The number of fused-ring (bicyclic) bond motifs is 1. The zero-order valence-electron chi connectivity index (χ0n) is 11.7. The van der Waals surface area contributed by atoms with Crippen LogP contribution in [0.25, 0.3) is 10.9 Å². The predicted octanol–water partition coefficient (Wildman–Crippen LogP) is 5.09. The van der Waals surface area contributed by atoms with Crippen LogP contribution in [-0.2, 0) is 6.54 Å². The number of aryl methyl sites for hydroxylation is 1. The van der Waals surface area contributed by atoms with E-state index >= 15 is 0 Å². The average molecular weight is 275 g/mol. The van der Waals surface area contributed by atoms with E-state index in [9.17, 15) is 5.26 Å². The van der Waals surface area contributed by atoms with Crippen molar-refractivity contribution in [2.24, 2.45) is 0 Å². The van der Waals surface area contributed by atoms with Crippen LogP contribution in [0.5, 0.6) is 0 Å². The molecule has 0 spiro atoms. The van der Waals surface area contributed by atoms with E-state index in [1.165, 1.54) is 5.56 Å². The smallest absolute Gasteiger partial charge is 0.128 e. The highest BCUT2D eigenvalue weighted by Gasteiger charge is 2.16. The summed E-state index contributed by atoms with van der Waals surface area (Å²) in [6, 6.07) is 8.57. The topological polar surface area (TPSA) is 28.7 Å². The van der Waals surface area contributed by atoms with Gasteiger partial charge in [-0.3, -0.25) is 0 Å². The fourth-order valence-electron chi connectivity index (χ4n) is 2.34. The second-order valence-corrected chi connectivity index (χ2v) is 5.57. The third kappa shape index (κ3) is 2.48. The first-order valence-electron chi connectivity index (χ1n) is 6.81. The minimum atomic E-state index is 0.453. The Morgan fingerprint density at radius 1 is 1.37 bits per heavy atom. The number of hydrogen-bond acceptors (Lipinski definition) is 1. The van der Waals surface area contributed by atoms with E-state index in [0.717, 1.165) is 30.3 Å². The maximum Gasteiger partial charge on any atom is 0.128 e. The zero-order valence-corrected chi connectivity index (χ0v) is 12.5. The third-order valence-electron chi connectivity index (χ3n) is 3.54. The fraction of sp³-hybridized carbons (Fsp3) is 0.438. The quantitative estimate of drug-likeness (QED) is 0.763. The van der Waals surface area contributed by atoms with Crippen molar-refractivity contribution < 1.29 is 0 Å². The predicted molar refractivity (Wildman–Crippen MR) is 80.7 cm³/mol. The van der Waals surface area contributed by atoms with Crippen molar-refractivity contribution in [2.75, 3.05) is 0 Å². The van der Waals surface area contributed by atoms with Crippen molar-refractivity contribution in [3.63, 3.8) is 0 Å². The molecule has 3 heteroatoms. The van der Waals surface area contributed by atoms with Crippen LogP contribution in [0.1, 0.15) is 50.7 Å². The molecule has 19 heavy (non-hydrogen) atoms. The van der Waals surface area contributed by atoms with Crippen LogP contribution in [0.3, 0.4) is 0 Å². The van der Waals surface area contributed by atoms with E-state index in [-0.39, 0.29) is 0 Å². The minimum Gasteiger partial charge on any atom is -0.330 e. The Bertz CT molecular complexity index is 632. The summed E-state index contributed by atoms with van der Waals surface area (Å²) in [5, 5.41) is 10.9. The lowest BCUT2D eigenvalue weighted by Crippen LogP contribution is -1.97. The minimum absolute atomic E-state index is 0.453. The molecule has 1 aromatic carbocycles. The molecule has 1 heterocycles. The van der Waals surface area contributed by atoms with E-state index in [4.69, 9.17) is 11.6 Å². The van der Waals surface area contributed by atoms with Gasteiger partial charge < -0.3 is 4.57 Å². The summed E-state index contributed by atoms with van der Waals surface area (Å²) in [6.45, 7) is 7.34. The van der Waals surface area contributed by atoms with Gasteiger partial charge in [0.05, 0.1) is 11.1 Å². The number of nitriles is 1. The number of aromatic nitrogens is 1. The Hall–Kier alpha value is -1.46. The van der Waals surface area contributed by atoms with Gasteiger partial charge >= 0.3 is 0 Å². The Kier molecular flexibility index (Phi) is 4.17. The first-order valence-corrected chi connectivity index (χ1v) is 7.19. The van der Waals surface area contributed by atoms with Crippen LogP contribution in [0.2, 0.25) is 5.15 Å². The normalized spacial score (nSPS) is 11.2. The summed E-state index contributed by atoms with van der Waals surface area (Å²) in [6.07, 6.45) is 2.18. The van der Waals surface area contributed by atoms with Gasteiger partial charge in [0.25, 0.3) is 0 Å². The molecule has 0 atom stereocenters. The molecule has 0 aliphatic carbocycles. The van der Waals surface area contributed by atoms with Crippen LogP contribution in [0.4, 0.5) is 0 Å². The number of rotatable bonds is 4. The van der Waals surface area contributed by atoms with Crippen molar-refractivity contribution in [3.8, 4) is 6.07 Å². The van der Waals surface area contributed by atoms with E-state index in [1.807, 2.05) is 0 Å². The number of unbranched alkanes of at least 4 members (excludes halogenated alkanes) is 1. The van der Waals surface area contributed by atoms with Gasteiger partial charge in [-0.15, -0.1) is 0 Å². The van der Waals surface area contributed by atoms with Crippen LogP contribution < -0.4 is 0 Å². The van der Waals surface area contributed by atoms with Crippen LogP contribution >= 0.6 is 11.6 Å². The molecular formula is C16H19ClN2. The monoisotopic (exact) mass is 274 g/mol. The van der Waals surface area contributed by atoms with Crippen LogP contribution in [-0.4, -0.2) is 4.57 Å². The molecule has 0 aliphatic heterocycles. The summed E-state index contributed by atoms with van der Waals surface area (Å²) >= 11 is 6.36. The highest BCUT2D eigenvalue weighted by molar-refractivity contribution is 6.32. The molecule has 0 saturated heterocycles. The summed E-state index contributed by atoms with van der Waals surface area (Å²) in [5.74, 6) is 0.453. The van der Waals surface area contributed by atoms with Crippen molar-refractivity contribution in [1.82, 2.24) is 4.57 Å². The SMILES string of the molecule is CCCCn1c(Cl)c(C#N)c2cc(C(C)C)ccc21. The van der Waals surface area contributed by atoms with E-state index in [2.05, 4.69) is 49.6 Å². The van der Waals surface area contributed by atoms with Crippen molar-refractivity contribution in [2.45, 2.75) is 46.1 Å². The van der Waals surface area contributed by atoms with Crippen LogP contribution in [0.15, 0.2) is 18.2 Å². The highest BCUT2D eigenvalue weighted by atomic mass is 35.5. The van der Waals surface area contributed by atoms with E-state index in [0.29, 0.717) is 16.6 Å². The lowest BCUT2D eigenvalue weighted by Gasteiger charge is -2.08. The molecule has 0 saturated carbocycles. The van der Waals surface area contributed by atoms with E-state index in [1.54, 1.807) is 0 Å². The molecule has 2 aromatic rings. The van der Waals surface area contributed by atoms with Gasteiger partial charge in [-0.1, -0.05) is 44.9 Å². The van der Waals surface area contributed by atoms with Gasteiger partial charge in [-0.25, -0.2) is 0 Å². The first kappa shape index (κ1) is 14.0. The summed E-state index contributed by atoms with van der Waals surface area (Å²) < 4.78 is 2.06. The maximum absolute atomic E-state index is 9.34. The molecule has 0 amide bonds.